The molecule has 0 saturated carbocycles. The Bertz CT molecular complexity index is 446. The van der Waals surface area contributed by atoms with Gasteiger partial charge in [0.1, 0.15) is 0 Å². The zero-order valence-corrected chi connectivity index (χ0v) is 11.7. The molecule has 3 nitrogen and oxygen atoms in total. The van der Waals surface area contributed by atoms with E-state index in [1.807, 2.05) is 19.1 Å². The molecule has 92 valence electrons. The molecule has 0 saturated heterocycles. The average Bonchev–Trinajstić information content (AvgIpc) is 2.29. The van der Waals surface area contributed by atoms with Crippen LogP contribution in [0.4, 0.5) is 5.69 Å². The summed E-state index contributed by atoms with van der Waals surface area (Å²) in [6.07, 6.45) is 2.17. The number of hydrogen-bond donors (Lipinski definition) is 2. The number of benzene rings is 1. The molecule has 0 aliphatic heterocycles. The van der Waals surface area contributed by atoms with Crippen molar-refractivity contribution in [3.05, 3.63) is 39.3 Å². The second-order valence-corrected chi connectivity index (χ2v) is 4.57. The van der Waals surface area contributed by atoms with Crippen molar-refractivity contribution >= 4 is 39.2 Å². The fourth-order valence-electron chi connectivity index (χ4n) is 1.31. The Morgan fingerprint density at radius 3 is 2.88 bits per heavy atom. The van der Waals surface area contributed by atoms with Crippen molar-refractivity contribution in [1.82, 2.24) is 0 Å². The second-order valence-electron chi connectivity index (χ2n) is 3.37. The van der Waals surface area contributed by atoms with E-state index in [9.17, 15) is 4.79 Å². The summed E-state index contributed by atoms with van der Waals surface area (Å²) >= 11 is 9.30. The molecule has 0 bridgehead atoms. The van der Waals surface area contributed by atoms with Crippen LogP contribution in [-0.4, -0.2) is 17.6 Å². The van der Waals surface area contributed by atoms with E-state index in [0.29, 0.717) is 23.6 Å². The van der Waals surface area contributed by atoms with Crippen LogP contribution in [-0.2, 0) is 4.79 Å². The lowest BCUT2D eigenvalue weighted by Crippen LogP contribution is -2.05. The number of aliphatic carboxylic acids is 1. The van der Waals surface area contributed by atoms with Gasteiger partial charge in [0.25, 0.3) is 0 Å². The normalized spacial score (nSPS) is 11.4. The van der Waals surface area contributed by atoms with E-state index >= 15 is 0 Å². The van der Waals surface area contributed by atoms with E-state index in [4.69, 9.17) is 16.7 Å². The number of halogens is 2. The lowest BCUT2D eigenvalue weighted by Gasteiger charge is -2.07. The lowest BCUT2D eigenvalue weighted by molar-refractivity contribution is -0.132. The van der Waals surface area contributed by atoms with Gasteiger partial charge in [0.05, 0.1) is 15.2 Å². The minimum absolute atomic E-state index is 0.399. The first-order valence-corrected chi connectivity index (χ1v) is 6.33. The first kappa shape index (κ1) is 14.1. The van der Waals surface area contributed by atoms with Gasteiger partial charge in [-0.25, -0.2) is 4.79 Å². The molecule has 0 atom stereocenters. The fourth-order valence-corrected chi connectivity index (χ4v) is 1.89. The molecule has 0 aromatic heterocycles. The smallest absolute Gasteiger partial charge is 0.331 e. The number of carboxylic acids is 1. The topological polar surface area (TPSA) is 49.3 Å². The first-order valence-electron chi connectivity index (χ1n) is 5.16. The van der Waals surface area contributed by atoms with Crippen molar-refractivity contribution in [2.24, 2.45) is 0 Å². The van der Waals surface area contributed by atoms with Crippen LogP contribution < -0.4 is 5.32 Å². The van der Waals surface area contributed by atoms with Gasteiger partial charge >= 0.3 is 5.97 Å². The highest BCUT2D eigenvalue weighted by Crippen LogP contribution is 2.29. The van der Waals surface area contributed by atoms with Gasteiger partial charge in [0, 0.05) is 12.1 Å². The molecule has 5 heteroatoms. The number of hydrogen-bond acceptors (Lipinski definition) is 2. The maximum absolute atomic E-state index is 10.8. The molecule has 0 spiro atoms. The van der Waals surface area contributed by atoms with Crippen molar-refractivity contribution in [3.8, 4) is 0 Å². The molecule has 0 amide bonds. The molecule has 0 radical (unpaired) electrons. The van der Waals surface area contributed by atoms with Crippen LogP contribution in [0, 0.1) is 0 Å². The molecule has 1 aromatic rings. The minimum atomic E-state index is -0.876. The Balaban J connectivity index is 2.68. The minimum Gasteiger partial charge on any atom is -0.478 e. The Morgan fingerprint density at radius 1 is 1.59 bits per heavy atom. The molecule has 0 aliphatic rings. The molecule has 2 N–H and O–H groups in total. The van der Waals surface area contributed by atoms with E-state index in [1.54, 1.807) is 12.1 Å². The number of rotatable bonds is 5. The third-order valence-electron chi connectivity index (χ3n) is 2.25. The van der Waals surface area contributed by atoms with E-state index in [2.05, 4.69) is 21.2 Å². The van der Waals surface area contributed by atoms with E-state index in [0.717, 1.165) is 10.2 Å². The third-order valence-corrected chi connectivity index (χ3v) is 3.65. The lowest BCUT2D eigenvalue weighted by atomic mass is 10.2. The Kier molecular flexibility index (Phi) is 5.51. The van der Waals surface area contributed by atoms with Crippen LogP contribution >= 0.6 is 27.5 Å². The van der Waals surface area contributed by atoms with E-state index < -0.39 is 5.97 Å². The maximum Gasteiger partial charge on any atom is 0.331 e. The van der Waals surface area contributed by atoms with Gasteiger partial charge in [-0.15, -0.1) is 0 Å². The van der Waals surface area contributed by atoms with Crippen molar-refractivity contribution in [2.75, 3.05) is 11.9 Å². The standard InChI is InChI=1S/C12H13BrClNO2/c1-2-8(12(16)17)6-7-15-10-5-3-4-9(14)11(10)13/h3-6,15H,2,7H2,1H3,(H,16,17)/b8-6-. The summed E-state index contributed by atoms with van der Waals surface area (Å²) in [6.45, 7) is 2.27. The summed E-state index contributed by atoms with van der Waals surface area (Å²) in [5.74, 6) is -0.876. The van der Waals surface area contributed by atoms with Gasteiger partial charge in [-0.3, -0.25) is 0 Å². The quantitative estimate of drug-likeness (QED) is 0.809. The van der Waals surface area contributed by atoms with Crippen LogP contribution in [0.25, 0.3) is 0 Å². The van der Waals surface area contributed by atoms with Crippen LogP contribution in [0.5, 0.6) is 0 Å². The summed E-state index contributed by atoms with van der Waals surface area (Å²) in [7, 11) is 0. The van der Waals surface area contributed by atoms with Crippen molar-refractivity contribution in [2.45, 2.75) is 13.3 Å². The summed E-state index contributed by atoms with van der Waals surface area (Å²) in [6, 6.07) is 5.48. The van der Waals surface area contributed by atoms with Gasteiger partial charge in [-0.05, 0) is 34.5 Å². The molecule has 1 aromatic carbocycles. The zero-order chi connectivity index (χ0) is 12.8. The number of carbonyl (C=O) groups is 1. The maximum atomic E-state index is 10.8. The van der Waals surface area contributed by atoms with Gasteiger partial charge in [0.15, 0.2) is 0 Å². The molecule has 17 heavy (non-hydrogen) atoms. The highest BCUT2D eigenvalue weighted by atomic mass is 79.9. The molecular weight excluding hydrogens is 305 g/mol. The third kappa shape index (κ3) is 4.06. The highest BCUT2D eigenvalue weighted by molar-refractivity contribution is 9.10. The SMILES string of the molecule is CC/C(=C/CNc1cccc(Cl)c1Br)C(=O)O. The summed E-state index contributed by atoms with van der Waals surface area (Å²) < 4.78 is 0.781. The molecule has 0 fully saturated rings. The van der Waals surface area contributed by atoms with Crippen LogP contribution in [0.3, 0.4) is 0 Å². The number of carboxylic acid groups (broad SMARTS) is 1. The summed E-state index contributed by atoms with van der Waals surface area (Å²) in [4.78, 5) is 10.8. The Hall–Kier alpha value is -1.00. The fraction of sp³-hybridized carbons (Fsp3) is 0.250. The van der Waals surface area contributed by atoms with Crippen LogP contribution in [0.1, 0.15) is 13.3 Å². The first-order chi connectivity index (χ1) is 8.06. The van der Waals surface area contributed by atoms with E-state index in [1.165, 1.54) is 0 Å². The Labute approximate surface area is 114 Å². The molecule has 1 rings (SSSR count). The van der Waals surface area contributed by atoms with Gasteiger partial charge in [0.2, 0.25) is 0 Å². The van der Waals surface area contributed by atoms with Gasteiger partial charge in [-0.1, -0.05) is 30.7 Å². The van der Waals surface area contributed by atoms with Crippen LogP contribution in [0.15, 0.2) is 34.3 Å². The molecule has 0 heterocycles. The van der Waals surface area contributed by atoms with Gasteiger partial charge < -0.3 is 10.4 Å². The monoisotopic (exact) mass is 317 g/mol. The van der Waals surface area contributed by atoms with Gasteiger partial charge in [-0.2, -0.15) is 0 Å². The second kappa shape index (κ2) is 6.67. The van der Waals surface area contributed by atoms with Crippen LogP contribution in [0.2, 0.25) is 5.02 Å². The summed E-state index contributed by atoms with van der Waals surface area (Å²) in [5.41, 5.74) is 1.24. The van der Waals surface area contributed by atoms with Crippen molar-refractivity contribution < 1.29 is 9.90 Å². The molecule has 0 aliphatic carbocycles. The highest BCUT2D eigenvalue weighted by Gasteiger charge is 2.04. The summed E-state index contributed by atoms with van der Waals surface area (Å²) in [5, 5.41) is 12.6. The predicted octanol–water partition coefficient (Wildman–Crippen LogP) is 3.94. The van der Waals surface area contributed by atoms with E-state index in [-0.39, 0.29) is 0 Å². The average molecular weight is 319 g/mol. The van der Waals surface area contributed by atoms with Crippen molar-refractivity contribution in [3.63, 3.8) is 0 Å². The number of anilines is 1. The largest absolute Gasteiger partial charge is 0.478 e. The Morgan fingerprint density at radius 2 is 2.29 bits per heavy atom. The molecular formula is C12H13BrClNO2. The number of nitrogens with one attached hydrogen (secondary N) is 1. The predicted molar refractivity (Wildman–Crippen MR) is 73.7 cm³/mol. The van der Waals surface area contributed by atoms with Crippen molar-refractivity contribution in [1.29, 1.82) is 0 Å². The zero-order valence-electron chi connectivity index (χ0n) is 9.34. The molecule has 0 unspecified atom stereocenters.